The molecular weight excluding hydrogens is 777 g/mol. The minimum atomic E-state index is -0.0514. The van der Waals surface area contributed by atoms with Gasteiger partial charge in [-0.1, -0.05) is 104 Å². The van der Waals surface area contributed by atoms with E-state index in [-0.39, 0.29) is 30.9 Å². The molecule has 2 N–H and O–H groups in total. The molecule has 0 spiro atoms. The maximum Gasteiger partial charge on any atom is 2.00 e. The van der Waals surface area contributed by atoms with Crippen LogP contribution in [-0.4, -0.2) is 37.9 Å². The van der Waals surface area contributed by atoms with Crippen LogP contribution in [-0.2, 0) is 25.9 Å². The van der Waals surface area contributed by atoms with E-state index in [1.807, 2.05) is 91.3 Å². The Morgan fingerprint density at radius 3 is 1.80 bits per heavy atom. The van der Waals surface area contributed by atoms with Crippen molar-refractivity contribution in [2.75, 3.05) is 6.54 Å². The molecule has 4 aromatic heterocycles. The van der Waals surface area contributed by atoms with Gasteiger partial charge < -0.3 is 16.6 Å². The van der Waals surface area contributed by atoms with Gasteiger partial charge in [-0.2, -0.15) is 11.4 Å². The van der Waals surface area contributed by atoms with Crippen molar-refractivity contribution in [2.45, 2.75) is 45.4 Å². The zero-order valence-electron chi connectivity index (χ0n) is 31.4. The molecule has 7 nitrogen and oxygen atoms in total. The number of rotatable bonds is 8. The molecule has 0 saturated carbocycles. The minimum absolute atomic E-state index is 0. The van der Waals surface area contributed by atoms with Gasteiger partial charge in [-0.05, 0) is 113 Å². The van der Waals surface area contributed by atoms with E-state index in [4.69, 9.17) is 5.73 Å². The molecule has 0 atom stereocenters. The smallest absolute Gasteiger partial charge is 0.804 e. The molecule has 0 amide bonds. The van der Waals surface area contributed by atoms with Crippen molar-refractivity contribution in [3.05, 3.63) is 179 Å². The SMILES string of the molecule is Cc1ccnc(-c2cc(CCCCCCCN)ccn2)c1.[N-]=C1C(=[N-])c2c(ccc3ccccc23)-c2ccccc21.[Rh+2].c1cnc2c(c1)ccc1cccnc12. The van der Waals surface area contributed by atoms with Crippen molar-refractivity contribution >= 4 is 44.0 Å². The van der Waals surface area contributed by atoms with Crippen LogP contribution in [0.1, 0.15) is 54.4 Å². The number of hydrogen-bond acceptors (Lipinski definition) is 5. The van der Waals surface area contributed by atoms with Crippen LogP contribution < -0.4 is 5.73 Å². The molecule has 0 aliphatic heterocycles. The van der Waals surface area contributed by atoms with Crippen LogP contribution in [0, 0.1) is 6.92 Å². The summed E-state index contributed by atoms with van der Waals surface area (Å²) in [7, 11) is 0. The second kappa shape index (κ2) is 19.2. The predicted octanol–water partition coefficient (Wildman–Crippen LogP) is 10.9. The summed E-state index contributed by atoms with van der Waals surface area (Å²) in [5.41, 5.74) is 15.1. The van der Waals surface area contributed by atoms with Crippen LogP contribution in [0.4, 0.5) is 0 Å². The first kappa shape index (κ1) is 39.9. The topological polar surface area (TPSA) is 122 Å². The van der Waals surface area contributed by atoms with Crippen LogP contribution in [0.2, 0.25) is 0 Å². The average molecular weight is 821 g/mol. The van der Waals surface area contributed by atoms with Crippen LogP contribution >= 0.6 is 0 Å². The number of benzene rings is 4. The zero-order chi connectivity index (χ0) is 38.0. The van der Waals surface area contributed by atoms with Gasteiger partial charge in [0.15, 0.2) is 0 Å². The Kier molecular flexibility index (Phi) is 13.6. The molecule has 1 radical (unpaired) electrons. The molecule has 0 unspecified atom stereocenters. The van der Waals surface area contributed by atoms with Crippen molar-refractivity contribution in [1.29, 1.82) is 0 Å². The van der Waals surface area contributed by atoms with Crippen molar-refractivity contribution in [3.63, 3.8) is 0 Å². The molecule has 1 aliphatic rings. The van der Waals surface area contributed by atoms with Crippen LogP contribution in [0.3, 0.4) is 0 Å². The molecular formula is C48H43N7Rh. The summed E-state index contributed by atoms with van der Waals surface area (Å²) in [6, 6.07) is 40.0. The summed E-state index contributed by atoms with van der Waals surface area (Å²) < 4.78 is 0. The number of unbranched alkanes of at least 4 members (excludes halogenated alkanes) is 4. The molecule has 0 bridgehead atoms. The Morgan fingerprint density at radius 1 is 0.500 bits per heavy atom. The van der Waals surface area contributed by atoms with Crippen LogP contribution in [0.25, 0.3) is 65.9 Å². The summed E-state index contributed by atoms with van der Waals surface area (Å²) in [6.07, 6.45) is 14.7. The quantitative estimate of drug-likeness (QED) is 0.0929. The molecule has 4 heterocycles. The van der Waals surface area contributed by atoms with E-state index in [2.05, 4.69) is 69.3 Å². The Morgan fingerprint density at radius 2 is 1.09 bits per heavy atom. The third kappa shape index (κ3) is 9.17. The van der Waals surface area contributed by atoms with E-state index in [0.717, 1.165) is 74.5 Å². The van der Waals surface area contributed by atoms with E-state index in [1.165, 1.54) is 36.8 Å². The largest absolute Gasteiger partial charge is 2.00 e. The van der Waals surface area contributed by atoms with Gasteiger partial charge in [-0.15, -0.1) is 0 Å². The van der Waals surface area contributed by atoms with Crippen LogP contribution in [0.5, 0.6) is 0 Å². The minimum Gasteiger partial charge on any atom is -0.804 e. The number of nitrogens with zero attached hydrogens (tertiary/aromatic N) is 6. The first-order valence-electron chi connectivity index (χ1n) is 18.9. The fourth-order valence-electron chi connectivity index (χ4n) is 7.05. The second-order valence-electron chi connectivity index (χ2n) is 13.7. The summed E-state index contributed by atoms with van der Waals surface area (Å²) >= 11 is 0. The molecule has 56 heavy (non-hydrogen) atoms. The van der Waals surface area contributed by atoms with Crippen LogP contribution in [0.15, 0.2) is 146 Å². The van der Waals surface area contributed by atoms with Gasteiger partial charge in [-0.3, -0.25) is 19.9 Å². The van der Waals surface area contributed by atoms with E-state index in [9.17, 15) is 10.8 Å². The average Bonchev–Trinajstić information content (AvgIpc) is 3.24. The van der Waals surface area contributed by atoms with Gasteiger partial charge in [0, 0.05) is 35.6 Å². The Hall–Kier alpha value is -5.82. The molecule has 4 aromatic carbocycles. The van der Waals surface area contributed by atoms with Gasteiger partial charge in [0.05, 0.1) is 22.4 Å². The molecule has 8 aromatic rings. The van der Waals surface area contributed by atoms with Crippen molar-refractivity contribution in [1.82, 2.24) is 19.9 Å². The number of pyridine rings is 4. The van der Waals surface area contributed by atoms with Gasteiger partial charge in [0.1, 0.15) is 0 Å². The third-order valence-corrected chi connectivity index (χ3v) is 9.88. The summed E-state index contributed by atoms with van der Waals surface area (Å²) in [6.45, 7) is 2.90. The molecule has 279 valence electrons. The first-order chi connectivity index (χ1) is 27.0. The Bertz CT molecular complexity index is 2560. The van der Waals surface area contributed by atoms with Gasteiger partial charge in [0.2, 0.25) is 0 Å². The van der Waals surface area contributed by atoms with Gasteiger partial charge in [0.25, 0.3) is 0 Å². The maximum atomic E-state index is 10.4. The third-order valence-electron chi connectivity index (χ3n) is 9.88. The Balaban J connectivity index is 0.000000144. The summed E-state index contributed by atoms with van der Waals surface area (Å²) in [5, 5.41) is 24.9. The predicted molar refractivity (Wildman–Crippen MR) is 229 cm³/mol. The number of hydrogen-bond donors (Lipinski definition) is 1. The first-order valence-corrected chi connectivity index (χ1v) is 18.9. The monoisotopic (exact) mass is 820 g/mol. The standard InChI is InChI=1S/C18H25N3.C18H10N2.C12H8N2.Rh/c1-15-8-11-20-17(13-15)18-14-16(9-12-21-18)7-5-3-2-4-6-10-19;19-17-15-8-4-3-7-13(15)14-10-9-11-5-1-2-6-12(11)16(14)18(17)20;1-3-9-5-6-10-4-2-8-14-12(10)11(9)13-7-1;/h8-9,11-14H,2-7,10,19H2,1H3;1-10H;1-8H;/q;-2;;+2. The van der Waals surface area contributed by atoms with Gasteiger partial charge in [-0.25, -0.2) is 0 Å². The molecule has 8 heteroatoms. The number of aryl methyl sites for hydroxylation is 2. The van der Waals surface area contributed by atoms with Crippen molar-refractivity contribution in [3.8, 4) is 22.5 Å². The fourth-order valence-corrected chi connectivity index (χ4v) is 7.05. The molecule has 0 fully saturated rings. The molecule has 1 aliphatic carbocycles. The normalized spacial score (nSPS) is 11.5. The zero-order valence-corrected chi connectivity index (χ0v) is 33.0. The van der Waals surface area contributed by atoms with E-state index in [1.54, 1.807) is 12.4 Å². The number of aromatic nitrogens is 4. The van der Waals surface area contributed by atoms with Crippen molar-refractivity contribution < 1.29 is 19.5 Å². The number of nitrogens with two attached hydrogens (primary N) is 1. The van der Waals surface area contributed by atoms with Gasteiger partial charge >= 0.3 is 19.5 Å². The van der Waals surface area contributed by atoms with Crippen molar-refractivity contribution in [2.24, 2.45) is 5.73 Å². The summed E-state index contributed by atoms with van der Waals surface area (Å²) in [5.74, 6) is 0. The second-order valence-corrected chi connectivity index (χ2v) is 13.7. The fraction of sp³-hybridized carbons (Fsp3) is 0.167. The van der Waals surface area contributed by atoms with E-state index >= 15 is 0 Å². The molecule has 9 rings (SSSR count). The molecule has 0 saturated heterocycles. The van der Waals surface area contributed by atoms with E-state index in [0.29, 0.717) is 11.1 Å². The Labute approximate surface area is 341 Å². The summed E-state index contributed by atoms with van der Waals surface area (Å²) in [4.78, 5) is 17.5. The van der Waals surface area contributed by atoms with E-state index < -0.39 is 0 Å². The number of fused-ring (bicyclic) bond motifs is 8. The maximum absolute atomic E-state index is 10.4.